The Morgan fingerprint density at radius 1 is 0.804 bits per heavy atom. The van der Waals surface area contributed by atoms with Crippen LogP contribution >= 0.6 is 15.9 Å². The summed E-state index contributed by atoms with van der Waals surface area (Å²) in [4.78, 5) is 13.6. The Morgan fingerprint density at radius 3 is 1.80 bits per heavy atom. The lowest BCUT2D eigenvalue weighted by Gasteiger charge is -2.33. The van der Waals surface area contributed by atoms with Crippen LogP contribution in [0.15, 0.2) is 72.8 Å². The van der Waals surface area contributed by atoms with Gasteiger partial charge in [0.2, 0.25) is 0 Å². The highest BCUT2D eigenvalue weighted by Crippen LogP contribution is 2.34. The third kappa shape index (κ3) is 13.3. The molecule has 4 aromatic rings. The number of carbonyl (C=O) groups is 1. The molecule has 0 radical (unpaired) electrons. The molecule has 2 N–H and O–H groups in total. The Morgan fingerprint density at radius 2 is 1.32 bits per heavy atom. The molecule has 0 saturated carbocycles. The highest BCUT2D eigenvalue weighted by Gasteiger charge is 2.27. The average Bonchev–Trinajstić information content (AvgIpc) is 3.19. The summed E-state index contributed by atoms with van der Waals surface area (Å²) in [7, 11) is 2.82. The van der Waals surface area contributed by atoms with E-state index in [-0.39, 0.29) is 17.6 Å². The highest BCUT2D eigenvalue weighted by molar-refractivity contribution is 9.09. The van der Waals surface area contributed by atoms with Gasteiger partial charge in [0.05, 0.1) is 20.8 Å². The number of methoxy groups -OCH3 is 2. The smallest absolute Gasteiger partial charge is 0.410 e. The van der Waals surface area contributed by atoms with E-state index in [0.717, 1.165) is 73.5 Å². The van der Waals surface area contributed by atoms with E-state index in [9.17, 15) is 22.4 Å². The number of nitrogens with one attached hydrogen (secondary N) is 1. The van der Waals surface area contributed by atoms with Gasteiger partial charge in [-0.2, -0.15) is 0 Å². The lowest BCUT2D eigenvalue weighted by molar-refractivity contribution is 0.0177. The molecule has 2 saturated heterocycles. The number of rotatable bonds is 8. The first-order valence-corrected chi connectivity index (χ1v) is 19.7. The number of aromatic hydroxyl groups is 1. The molecule has 8 nitrogen and oxygen atoms in total. The van der Waals surface area contributed by atoms with Crippen molar-refractivity contribution in [2.24, 2.45) is 11.8 Å². The summed E-state index contributed by atoms with van der Waals surface area (Å²) in [5, 5.41) is 13.5. The molecule has 0 aromatic heterocycles. The second-order valence-electron chi connectivity index (χ2n) is 14.6. The number of amides is 1. The van der Waals surface area contributed by atoms with E-state index in [4.69, 9.17) is 24.1 Å². The molecule has 2 aliphatic heterocycles. The first-order chi connectivity index (χ1) is 26.7. The molecular weight excluding hydrogens is 796 g/mol. The van der Waals surface area contributed by atoms with Crippen molar-refractivity contribution in [3.05, 3.63) is 96.1 Å². The number of halogens is 5. The maximum atomic E-state index is 13.5. The standard InChI is InChI=1S/C19H21F2NO2.C13H10F2O2.C11H20BrNO2/c1-23-19-10-18(21)17(20)9-16(19)14-4-6-15(7-5-14)24-12-13-3-2-8-22-11-13;1-17-13-7-12(15)11(14)6-10(13)8-2-4-9(16)5-3-8;1-11(2,3)15-10(14)13-6-4-5-9(7-12)8-13/h4-7,9-10,13,22H,2-3,8,11-12H2,1H3;2-7,16H,1H3;9H,4-8H2,1-3H3. The SMILES string of the molecule is CC(C)(C)OC(=O)N1CCCC(CBr)C1.COc1cc(F)c(F)cc1-c1ccc(O)cc1.COc1cc(F)c(F)cc1-c1ccc(OCC2CCCNC2)cc1. The first-order valence-electron chi connectivity index (χ1n) is 18.5. The van der Waals surface area contributed by atoms with Gasteiger partial charge in [0.15, 0.2) is 23.3 Å². The molecule has 2 atom stereocenters. The molecular formula is C43H51BrF4N2O6. The van der Waals surface area contributed by atoms with Gasteiger partial charge in [0.1, 0.15) is 28.6 Å². The minimum Gasteiger partial charge on any atom is -0.508 e. The number of hydrogen-bond acceptors (Lipinski definition) is 7. The molecule has 4 aromatic carbocycles. The minimum absolute atomic E-state index is 0.107. The molecule has 2 fully saturated rings. The van der Waals surface area contributed by atoms with Crippen molar-refractivity contribution in [2.75, 3.05) is 52.3 Å². The highest BCUT2D eigenvalue weighted by atomic mass is 79.9. The third-order valence-electron chi connectivity index (χ3n) is 9.10. The quantitative estimate of drug-likeness (QED) is 0.135. The summed E-state index contributed by atoms with van der Waals surface area (Å²) in [5.41, 5.74) is 1.94. The van der Waals surface area contributed by atoms with E-state index in [2.05, 4.69) is 21.2 Å². The predicted molar refractivity (Wildman–Crippen MR) is 214 cm³/mol. The second kappa shape index (κ2) is 21.2. The van der Waals surface area contributed by atoms with Gasteiger partial charge in [-0.15, -0.1) is 0 Å². The Hall–Kier alpha value is -4.49. The van der Waals surface area contributed by atoms with E-state index < -0.39 is 28.9 Å². The molecule has 56 heavy (non-hydrogen) atoms. The topological polar surface area (TPSA) is 89.5 Å². The predicted octanol–water partition coefficient (Wildman–Crippen LogP) is 10.4. The maximum Gasteiger partial charge on any atom is 0.410 e. The van der Waals surface area contributed by atoms with Crippen molar-refractivity contribution in [3.63, 3.8) is 0 Å². The fourth-order valence-corrected chi connectivity index (χ4v) is 6.71. The Bertz CT molecular complexity index is 1850. The van der Waals surface area contributed by atoms with E-state index >= 15 is 0 Å². The molecule has 1 amide bonds. The molecule has 6 rings (SSSR count). The third-order valence-corrected chi connectivity index (χ3v) is 10.0. The normalized spacial score (nSPS) is 16.7. The van der Waals surface area contributed by atoms with Crippen LogP contribution in [0.5, 0.6) is 23.0 Å². The van der Waals surface area contributed by atoms with Crippen molar-refractivity contribution < 1.29 is 46.4 Å². The number of phenols is 1. The Labute approximate surface area is 335 Å². The number of hydrogen-bond donors (Lipinski definition) is 2. The van der Waals surface area contributed by atoms with E-state index in [1.165, 1.54) is 45.6 Å². The van der Waals surface area contributed by atoms with Crippen LogP contribution in [0.1, 0.15) is 46.5 Å². The van der Waals surface area contributed by atoms with Crippen molar-refractivity contribution in [1.82, 2.24) is 10.2 Å². The fourth-order valence-electron chi connectivity index (χ4n) is 6.18. The first kappa shape index (κ1) is 44.2. The van der Waals surface area contributed by atoms with Crippen LogP contribution in [-0.2, 0) is 4.74 Å². The van der Waals surface area contributed by atoms with Crippen molar-refractivity contribution in [2.45, 2.75) is 52.1 Å². The van der Waals surface area contributed by atoms with Crippen molar-refractivity contribution in [1.29, 1.82) is 0 Å². The molecule has 2 heterocycles. The van der Waals surface area contributed by atoms with Crippen LogP contribution in [0.2, 0.25) is 0 Å². The van der Waals surface area contributed by atoms with Crippen molar-refractivity contribution >= 4 is 22.0 Å². The van der Waals surface area contributed by atoms with Gasteiger partial charge in [-0.1, -0.05) is 40.2 Å². The van der Waals surface area contributed by atoms with Crippen LogP contribution in [0.25, 0.3) is 22.3 Å². The largest absolute Gasteiger partial charge is 0.508 e. The number of piperidine rings is 2. The van der Waals surface area contributed by atoms with E-state index in [1.807, 2.05) is 49.9 Å². The maximum absolute atomic E-state index is 13.5. The molecule has 13 heteroatoms. The van der Waals surface area contributed by atoms with Crippen LogP contribution in [-0.4, -0.2) is 74.0 Å². The molecule has 304 valence electrons. The van der Waals surface area contributed by atoms with Gasteiger partial charge >= 0.3 is 6.09 Å². The monoisotopic (exact) mass is 846 g/mol. The summed E-state index contributed by atoms with van der Waals surface area (Å²) >= 11 is 3.47. The van der Waals surface area contributed by atoms with E-state index in [0.29, 0.717) is 40.9 Å². The van der Waals surface area contributed by atoms with Crippen LogP contribution < -0.4 is 19.5 Å². The molecule has 2 aliphatic rings. The number of likely N-dealkylation sites (tertiary alicyclic amines) is 1. The second-order valence-corrected chi connectivity index (χ2v) is 15.3. The van der Waals surface area contributed by atoms with Crippen LogP contribution in [0.4, 0.5) is 22.4 Å². The fraction of sp³-hybridized carbons (Fsp3) is 0.419. The van der Waals surface area contributed by atoms with Gasteiger partial charge < -0.3 is 34.3 Å². The van der Waals surface area contributed by atoms with Gasteiger partial charge in [-0.05, 0) is 106 Å². The zero-order valence-electron chi connectivity index (χ0n) is 32.5. The molecule has 0 bridgehead atoms. The molecule has 2 unspecified atom stereocenters. The van der Waals surface area contributed by atoms with Gasteiger partial charge in [-0.3, -0.25) is 0 Å². The average molecular weight is 848 g/mol. The van der Waals surface area contributed by atoms with Crippen LogP contribution in [0.3, 0.4) is 0 Å². The number of phenolic OH excluding ortho intramolecular Hbond substituents is 1. The summed E-state index contributed by atoms with van der Waals surface area (Å²) in [5.74, 6) is -1.17. The van der Waals surface area contributed by atoms with Crippen LogP contribution in [0, 0.1) is 35.1 Å². The van der Waals surface area contributed by atoms with Gasteiger partial charge in [0.25, 0.3) is 0 Å². The lowest BCUT2D eigenvalue weighted by Crippen LogP contribution is -2.43. The number of alkyl halides is 1. The Kier molecular flexibility index (Phi) is 16.7. The number of benzene rings is 4. The van der Waals surface area contributed by atoms with Gasteiger partial charge in [-0.25, -0.2) is 22.4 Å². The van der Waals surface area contributed by atoms with E-state index in [1.54, 1.807) is 12.1 Å². The summed E-state index contributed by atoms with van der Waals surface area (Å²) in [6.07, 6.45) is 4.47. The molecule has 0 spiro atoms. The number of ether oxygens (including phenoxy) is 4. The zero-order chi connectivity index (χ0) is 40.8. The lowest BCUT2D eigenvalue weighted by atomic mass is 10.0. The summed E-state index contributed by atoms with van der Waals surface area (Å²) in [6, 6.07) is 17.7. The van der Waals surface area contributed by atoms with Gasteiger partial charge in [0, 0.05) is 54.1 Å². The van der Waals surface area contributed by atoms with Crippen molar-refractivity contribution in [3.8, 4) is 45.3 Å². The number of nitrogens with zero attached hydrogens (tertiary/aromatic N) is 1. The number of carbonyl (C=O) groups excluding carboxylic acids is 1. The minimum atomic E-state index is -0.954. The summed E-state index contributed by atoms with van der Waals surface area (Å²) in [6.45, 7) is 10.1. The summed E-state index contributed by atoms with van der Waals surface area (Å²) < 4.78 is 74.4. The Balaban J connectivity index is 0.000000194. The zero-order valence-corrected chi connectivity index (χ0v) is 34.1. The molecule has 0 aliphatic carbocycles.